The van der Waals surface area contributed by atoms with Gasteiger partial charge in [0.25, 0.3) is 0 Å². The Balaban J connectivity index is 2.07. The molecule has 1 saturated heterocycles. The van der Waals surface area contributed by atoms with E-state index in [2.05, 4.69) is 26.0 Å². The molecule has 1 aliphatic heterocycles. The predicted molar refractivity (Wildman–Crippen MR) is 86.2 cm³/mol. The number of carbonyl (C=O) groups excluding carboxylic acids is 1. The minimum absolute atomic E-state index is 0.514. The van der Waals surface area contributed by atoms with Gasteiger partial charge in [-0.1, -0.05) is 46.3 Å². The molecular weight excluding hydrogens is 348 g/mol. The lowest BCUT2D eigenvalue weighted by atomic mass is 9.95. The monoisotopic (exact) mass is 362 g/mol. The highest BCUT2D eigenvalue weighted by atomic mass is 79.9. The lowest BCUT2D eigenvalue weighted by molar-refractivity contribution is 0.187. The molecule has 2 aromatic carbocycles. The first-order valence-electron chi connectivity index (χ1n) is 6.71. The quantitative estimate of drug-likeness (QED) is 0.845. The molecule has 0 saturated carbocycles. The van der Waals surface area contributed by atoms with Gasteiger partial charge in [-0.2, -0.15) is 0 Å². The molecule has 1 aliphatic rings. The number of methoxy groups -OCH3 is 1. The Hall–Kier alpha value is -1.89. The molecule has 1 fully saturated rings. The SMILES string of the molecule is COC(=O)Nc1ccccc1C1(c2cccc(Br)c2)ON1C. The van der Waals surface area contributed by atoms with Crippen molar-refractivity contribution in [1.29, 1.82) is 0 Å². The van der Waals surface area contributed by atoms with Gasteiger partial charge in [-0.25, -0.2) is 4.79 Å². The summed E-state index contributed by atoms with van der Waals surface area (Å²) >= 11 is 3.48. The van der Waals surface area contributed by atoms with Crippen LogP contribution in [0.4, 0.5) is 10.5 Å². The highest BCUT2D eigenvalue weighted by molar-refractivity contribution is 9.10. The van der Waals surface area contributed by atoms with Crippen molar-refractivity contribution in [2.24, 2.45) is 0 Å². The third kappa shape index (κ3) is 2.49. The van der Waals surface area contributed by atoms with Crippen molar-refractivity contribution < 1.29 is 14.4 Å². The fourth-order valence-electron chi connectivity index (χ4n) is 2.53. The van der Waals surface area contributed by atoms with E-state index in [1.165, 1.54) is 7.11 Å². The molecule has 0 radical (unpaired) electrons. The maximum Gasteiger partial charge on any atom is 0.411 e. The van der Waals surface area contributed by atoms with Crippen molar-refractivity contribution in [1.82, 2.24) is 5.06 Å². The van der Waals surface area contributed by atoms with Crippen LogP contribution in [0.3, 0.4) is 0 Å². The molecule has 0 aliphatic carbocycles. The standard InChI is InChI=1S/C16H15BrN2O3/c1-19-16(22-19,11-6-5-7-12(17)10-11)13-8-3-4-9-14(13)18-15(20)21-2/h3-10H,1-2H3,(H,18,20). The summed E-state index contributed by atoms with van der Waals surface area (Å²) in [5, 5.41) is 4.49. The number of para-hydroxylation sites is 1. The number of anilines is 1. The van der Waals surface area contributed by atoms with Crippen LogP contribution >= 0.6 is 15.9 Å². The summed E-state index contributed by atoms with van der Waals surface area (Å²) in [4.78, 5) is 17.4. The van der Waals surface area contributed by atoms with Gasteiger partial charge < -0.3 is 4.74 Å². The van der Waals surface area contributed by atoms with Crippen LogP contribution in [0.1, 0.15) is 11.1 Å². The molecule has 5 nitrogen and oxygen atoms in total. The largest absolute Gasteiger partial charge is 0.453 e. The zero-order valence-corrected chi connectivity index (χ0v) is 13.8. The molecule has 0 bridgehead atoms. The molecule has 3 rings (SSSR count). The number of hydroxylamine groups is 2. The van der Waals surface area contributed by atoms with Crippen LogP contribution in [-0.4, -0.2) is 25.3 Å². The van der Waals surface area contributed by atoms with E-state index in [0.29, 0.717) is 5.69 Å². The lowest BCUT2D eigenvalue weighted by Crippen LogP contribution is -2.20. The summed E-state index contributed by atoms with van der Waals surface area (Å²) in [7, 11) is 3.19. The Labute approximate surface area is 136 Å². The number of hydrogen-bond acceptors (Lipinski definition) is 4. The summed E-state index contributed by atoms with van der Waals surface area (Å²) in [6.07, 6.45) is -0.514. The number of halogens is 1. The maximum absolute atomic E-state index is 11.6. The van der Waals surface area contributed by atoms with Crippen molar-refractivity contribution >= 4 is 27.7 Å². The molecule has 0 aromatic heterocycles. The molecule has 0 spiro atoms. The number of benzene rings is 2. The average Bonchev–Trinajstić information content (AvgIpc) is 3.20. The fraction of sp³-hybridized carbons (Fsp3) is 0.188. The third-order valence-corrected chi connectivity index (χ3v) is 4.10. The van der Waals surface area contributed by atoms with E-state index >= 15 is 0 Å². The maximum atomic E-state index is 11.6. The molecule has 22 heavy (non-hydrogen) atoms. The minimum atomic E-state index is -0.707. The van der Waals surface area contributed by atoms with Crippen LogP contribution in [0, 0.1) is 0 Å². The molecule has 1 amide bonds. The number of rotatable bonds is 3. The van der Waals surface area contributed by atoms with Crippen LogP contribution in [0.15, 0.2) is 53.0 Å². The van der Waals surface area contributed by atoms with Crippen molar-refractivity contribution in [2.45, 2.75) is 5.72 Å². The Morgan fingerprint density at radius 1 is 1.27 bits per heavy atom. The molecule has 114 valence electrons. The molecule has 2 aromatic rings. The minimum Gasteiger partial charge on any atom is -0.453 e. The topological polar surface area (TPSA) is 53.9 Å². The van der Waals surface area contributed by atoms with Gasteiger partial charge in [-0.3, -0.25) is 10.2 Å². The fourth-order valence-corrected chi connectivity index (χ4v) is 2.93. The van der Waals surface area contributed by atoms with E-state index in [9.17, 15) is 4.79 Å². The molecule has 1 N–H and O–H groups in total. The summed E-state index contributed by atoms with van der Waals surface area (Å²) in [5.41, 5.74) is 1.77. The van der Waals surface area contributed by atoms with E-state index in [0.717, 1.165) is 15.6 Å². The number of hydrogen-bond donors (Lipinski definition) is 1. The Morgan fingerprint density at radius 2 is 2.00 bits per heavy atom. The van der Waals surface area contributed by atoms with Gasteiger partial charge in [0.1, 0.15) is 0 Å². The molecule has 2 unspecified atom stereocenters. The van der Waals surface area contributed by atoms with E-state index < -0.39 is 11.8 Å². The van der Waals surface area contributed by atoms with E-state index in [4.69, 9.17) is 4.84 Å². The summed E-state index contributed by atoms with van der Waals surface area (Å²) in [6.45, 7) is 0. The van der Waals surface area contributed by atoms with Crippen molar-refractivity contribution in [3.63, 3.8) is 0 Å². The van der Waals surface area contributed by atoms with Crippen molar-refractivity contribution in [3.8, 4) is 0 Å². The number of ether oxygens (including phenoxy) is 1. The van der Waals surface area contributed by atoms with Crippen LogP contribution in [-0.2, 0) is 15.3 Å². The molecule has 6 heteroatoms. The van der Waals surface area contributed by atoms with Gasteiger partial charge in [-0.05, 0) is 18.2 Å². The smallest absolute Gasteiger partial charge is 0.411 e. The zero-order valence-electron chi connectivity index (χ0n) is 12.2. The predicted octanol–water partition coefficient (Wildman–Crippen LogP) is 3.71. The highest BCUT2D eigenvalue weighted by Gasteiger charge is 2.57. The number of carbonyl (C=O) groups is 1. The average molecular weight is 363 g/mol. The summed E-state index contributed by atoms with van der Waals surface area (Å²) < 4.78 is 5.65. The molecule has 2 atom stereocenters. The van der Waals surface area contributed by atoms with Gasteiger partial charge in [0.15, 0.2) is 0 Å². The second kappa shape index (κ2) is 5.72. The first-order chi connectivity index (χ1) is 10.6. The van der Waals surface area contributed by atoms with Crippen molar-refractivity contribution in [3.05, 3.63) is 64.1 Å². The van der Waals surface area contributed by atoms with Gasteiger partial charge >= 0.3 is 6.09 Å². The van der Waals surface area contributed by atoms with Gasteiger partial charge in [0.2, 0.25) is 5.72 Å². The van der Waals surface area contributed by atoms with E-state index in [1.807, 2.05) is 55.6 Å². The second-order valence-electron chi connectivity index (χ2n) is 4.91. The third-order valence-electron chi connectivity index (χ3n) is 3.61. The number of amides is 1. The Bertz CT molecular complexity index is 722. The number of nitrogens with one attached hydrogen (secondary N) is 1. The van der Waals surface area contributed by atoms with E-state index in [-0.39, 0.29) is 0 Å². The van der Waals surface area contributed by atoms with Crippen molar-refractivity contribution in [2.75, 3.05) is 19.5 Å². The van der Waals surface area contributed by atoms with Gasteiger partial charge in [0, 0.05) is 22.6 Å². The van der Waals surface area contributed by atoms with Crippen LogP contribution in [0.2, 0.25) is 0 Å². The van der Waals surface area contributed by atoms with Crippen LogP contribution in [0.25, 0.3) is 0 Å². The first-order valence-corrected chi connectivity index (χ1v) is 7.50. The highest BCUT2D eigenvalue weighted by Crippen LogP contribution is 2.51. The van der Waals surface area contributed by atoms with E-state index in [1.54, 1.807) is 5.06 Å². The Kier molecular flexibility index (Phi) is 3.90. The normalized spacial score (nSPS) is 23.0. The Morgan fingerprint density at radius 3 is 2.64 bits per heavy atom. The molecule has 1 heterocycles. The first kappa shape index (κ1) is 15.0. The summed E-state index contributed by atoms with van der Waals surface area (Å²) in [6, 6.07) is 15.4. The lowest BCUT2D eigenvalue weighted by Gasteiger charge is -2.17. The van der Waals surface area contributed by atoms with Gasteiger partial charge in [-0.15, -0.1) is 5.06 Å². The van der Waals surface area contributed by atoms with Crippen LogP contribution < -0.4 is 5.32 Å². The summed E-state index contributed by atoms with van der Waals surface area (Å²) in [5.74, 6) is 0. The van der Waals surface area contributed by atoms with Gasteiger partial charge in [0.05, 0.1) is 12.8 Å². The van der Waals surface area contributed by atoms with Crippen LogP contribution in [0.5, 0.6) is 0 Å². The zero-order chi connectivity index (χ0) is 15.7. The second-order valence-corrected chi connectivity index (χ2v) is 5.82. The number of nitrogens with zero attached hydrogens (tertiary/aromatic N) is 1. The molecular formula is C16H15BrN2O3.